The molecule has 1 aromatic carbocycles. The second kappa shape index (κ2) is 8.35. The summed E-state index contributed by atoms with van der Waals surface area (Å²) in [6.07, 6.45) is 1.16. The standard InChI is InChI=1S/C24H28N4O2/c25-12-18-2-1-3-19(10-18)13-27-14-20-11-22(17-27)23-5-4-21(24(29)28(23)15-20)16-26-6-8-30-9-7-26/h1-5,10,20,22H,6-9,11,13-17H2/t20-,22+/m0/s1. The molecular weight excluding hydrogens is 376 g/mol. The van der Waals surface area contributed by atoms with E-state index in [9.17, 15) is 4.79 Å². The van der Waals surface area contributed by atoms with E-state index in [1.54, 1.807) is 0 Å². The van der Waals surface area contributed by atoms with Crippen molar-refractivity contribution < 1.29 is 4.74 Å². The molecule has 0 radical (unpaired) electrons. The highest BCUT2D eigenvalue weighted by Gasteiger charge is 2.35. The van der Waals surface area contributed by atoms with Gasteiger partial charge in [0.25, 0.3) is 5.56 Å². The zero-order chi connectivity index (χ0) is 20.5. The highest BCUT2D eigenvalue weighted by atomic mass is 16.5. The van der Waals surface area contributed by atoms with Gasteiger partial charge in [-0.2, -0.15) is 5.26 Å². The molecule has 0 amide bonds. The van der Waals surface area contributed by atoms with Gasteiger partial charge >= 0.3 is 0 Å². The molecule has 156 valence electrons. The van der Waals surface area contributed by atoms with Crippen LogP contribution in [0, 0.1) is 17.2 Å². The van der Waals surface area contributed by atoms with E-state index in [2.05, 4.69) is 38.6 Å². The molecule has 0 saturated carbocycles. The molecule has 5 rings (SSSR count). The average molecular weight is 405 g/mol. The van der Waals surface area contributed by atoms with Crippen LogP contribution in [0.5, 0.6) is 0 Å². The van der Waals surface area contributed by atoms with Gasteiger partial charge in [-0.25, -0.2) is 0 Å². The maximum absolute atomic E-state index is 13.2. The molecule has 0 spiro atoms. The first-order chi connectivity index (χ1) is 14.7. The Bertz CT molecular complexity index is 1020. The molecule has 6 nitrogen and oxygen atoms in total. The van der Waals surface area contributed by atoms with E-state index in [0.717, 1.165) is 76.6 Å². The van der Waals surface area contributed by atoms with Crippen molar-refractivity contribution in [2.45, 2.75) is 32.0 Å². The van der Waals surface area contributed by atoms with Crippen molar-refractivity contribution in [1.29, 1.82) is 5.26 Å². The lowest BCUT2D eigenvalue weighted by atomic mass is 9.82. The Balaban J connectivity index is 1.33. The van der Waals surface area contributed by atoms with Crippen LogP contribution in [0.25, 0.3) is 0 Å². The number of nitriles is 1. The maximum Gasteiger partial charge on any atom is 0.255 e. The summed E-state index contributed by atoms with van der Waals surface area (Å²) in [6, 6.07) is 14.4. The van der Waals surface area contributed by atoms with Crippen LogP contribution >= 0.6 is 0 Å². The first-order valence-electron chi connectivity index (χ1n) is 10.9. The number of morpholine rings is 1. The summed E-state index contributed by atoms with van der Waals surface area (Å²) >= 11 is 0. The summed E-state index contributed by atoms with van der Waals surface area (Å²) < 4.78 is 7.49. The van der Waals surface area contributed by atoms with Crippen LogP contribution in [-0.4, -0.2) is 53.8 Å². The summed E-state index contributed by atoms with van der Waals surface area (Å²) in [4.78, 5) is 18.0. The third-order valence-corrected chi connectivity index (χ3v) is 6.72. The normalized spacial score (nSPS) is 24.2. The molecule has 3 aliphatic heterocycles. The van der Waals surface area contributed by atoms with E-state index >= 15 is 0 Å². The zero-order valence-corrected chi connectivity index (χ0v) is 17.3. The van der Waals surface area contributed by atoms with E-state index in [4.69, 9.17) is 10.00 Å². The van der Waals surface area contributed by atoms with Crippen LogP contribution in [0.1, 0.15) is 34.7 Å². The number of likely N-dealkylation sites (tertiary alicyclic amines) is 1. The molecule has 6 heteroatoms. The Hall–Kier alpha value is -2.46. The Labute approximate surface area is 177 Å². The molecule has 30 heavy (non-hydrogen) atoms. The average Bonchev–Trinajstić information content (AvgIpc) is 2.77. The van der Waals surface area contributed by atoms with Crippen LogP contribution in [0.2, 0.25) is 0 Å². The fourth-order valence-corrected chi connectivity index (χ4v) is 5.34. The Morgan fingerprint density at radius 2 is 1.90 bits per heavy atom. The minimum absolute atomic E-state index is 0.198. The molecule has 4 heterocycles. The van der Waals surface area contributed by atoms with E-state index in [-0.39, 0.29) is 5.56 Å². The lowest BCUT2D eigenvalue weighted by Gasteiger charge is -2.43. The Morgan fingerprint density at radius 1 is 1.03 bits per heavy atom. The lowest BCUT2D eigenvalue weighted by molar-refractivity contribution is 0.0338. The van der Waals surface area contributed by atoms with Gasteiger partial charge in [-0.15, -0.1) is 0 Å². The molecule has 2 saturated heterocycles. The van der Waals surface area contributed by atoms with Gasteiger partial charge in [-0.1, -0.05) is 18.2 Å². The number of benzene rings is 1. The Morgan fingerprint density at radius 3 is 2.73 bits per heavy atom. The molecule has 0 unspecified atom stereocenters. The summed E-state index contributed by atoms with van der Waals surface area (Å²) in [5.41, 5.74) is 4.20. The van der Waals surface area contributed by atoms with Gasteiger partial charge in [0.15, 0.2) is 0 Å². The summed E-state index contributed by atoms with van der Waals surface area (Å²) in [5, 5.41) is 9.16. The van der Waals surface area contributed by atoms with Gasteiger partial charge in [0, 0.05) is 63.0 Å². The minimum atomic E-state index is 0.198. The number of hydrogen-bond donors (Lipinski definition) is 0. The number of aromatic nitrogens is 1. The van der Waals surface area contributed by atoms with E-state index < -0.39 is 0 Å². The zero-order valence-electron chi connectivity index (χ0n) is 17.3. The van der Waals surface area contributed by atoms with Crippen molar-refractivity contribution in [3.63, 3.8) is 0 Å². The molecular formula is C24H28N4O2. The van der Waals surface area contributed by atoms with Crippen molar-refractivity contribution in [3.05, 3.63) is 69.1 Å². The fraction of sp³-hybridized carbons (Fsp3) is 0.500. The van der Waals surface area contributed by atoms with Crippen molar-refractivity contribution in [1.82, 2.24) is 14.4 Å². The summed E-state index contributed by atoms with van der Waals surface area (Å²) in [5.74, 6) is 0.911. The highest BCUT2D eigenvalue weighted by molar-refractivity contribution is 5.33. The van der Waals surface area contributed by atoms with Crippen molar-refractivity contribution in [2.75, 3.05) is 39.4 Å². The lowest BCUT2D eigenvalue weighted by Crippen LogP contribution is -2.47. The van der Waals surface area contributed by atoms with Gasteiger partial charge in [0.05, 0.1) is 24.8 Å². The largest absolute Gasteiger partial charge is 0.379 e. The van der Waals surface area contributed by atoms with Crippen LogP contribution < -0.4 is 5.56 Å². The molecule has 2 atom stereocenters. The Kier molecular flexibility index (Phi) is 5.43. The van der Waals surface area contributed by atoms with Gasteiger partial charge in [0.2, 0.25) is 0 Å². The summed E-state index contributed by atoms with van der Waals surface area (Å²) in [6.45, 7) is 7.68. The third kappa shape index (κ3) is 3.93. The number of fused-ring (bicyclic) bond motifs is 4. The number of pyridine rings is 1. The van der Waals surface area contributed by atoms with Gasteiger partial charge in [-0.05, 0) is 36.1 Å². The van der Waals surface area contributed by atoms with Gasteiger partial charge in [-0.3, -0.25) is 14.6 Å². The second-order valence-corrected chi connectivity index (χ2v) is 8.89. The smallest absolute Gasteiger partial charge is 0.255 e. The van der Waals surface area contributed by atoms with Gasteiger partial charge < -0.3 is 9.30 Å². The summed E-state index contributed by atoms with van der Waals surface area (Å²) in [7, 11) is 0. The van der Waals surface area contributed by atoms with E-state index in [1.165, 1.54) is 11.3 Å². The monoisotopic (exact) mass is 404 g/mol. The number of ether oxygens (including phenoxy) is 1. The number of hydrogen-bond acceptors (Lipinski definition) is 5. The minimum Gasteiger partial charge on any atom is -0.379 e. The van der Waals surface area contributed by atoms with Crippen molar-refractivity contribution >= 4 is 0 Å². The number of nitrogens with zero attached hydrogens (tertiary/aromatic N) is 4. The van der Waals surface area contributed by atoms with Crippen LogP contribution in [0.15, 0.2) is 41.2 Å². The molecule has 2 aromatic rings. The van der Waals surface area contributed by atoms with Crippen LogP contribution in [0.3, 0.4) is 0 Å². The van der Waals surface area contributed by atoms with Crippen LogP contribution in [-0.2, 0) is 24.4 Å². The molecule has 2 bridgehead atoms. The predicted molar refractivity (Wildman–Crippen MR) is 114 cm³/mol. The molecule has 1 aromatic heterocycles. The van der Waals surface area contributed by atoms with E-state index in [0.29, 0.717) is 11.8 Å². The second-order valence-electron chi connectivity index (χ2n) is 8.89. The third-order valence-electron chi connectivity index (χ3n) is 6.72. The van der Waals surface area contributed by atoms with E-state index in [1.807, 2.05) is 18.2 Å². The number of piperidine rings is 1. The van der Waals surface area contributed by atoms with Crippen molar-refractivity contribution in [3.8, 4) is 6.07 Å². The fourth-order valence-electron chi connectivity index (χ4n) is 5.34. The first kappa shape index (κ1) is 19.5. The highest BCUT2D eigenvalue weighted by Crippen LogP contribution is 2.35. The molecule has 0 aliphatic carbocycles. The molecule has 2 fully saturated rings. The molecule has 0 N–H and O–H groups in total. The topological polar surface area (TPSA) is 61.5 Å². The van der Waals surface area contributed by atoms with Gasteiger partial charge in [0.1, 0.15) is 0 Å². The maximum atomic E-state index is 13.2. The first-order valence-corrected chi connectivity index (χ1v) is 10.9. The SMILES string of the molecule is N#Cc1cccc(CN2C[C@@H]3C[C@H](C2)c2ccc(CN4CCOCC4)c(=O)n2C3)c1. The predicted octanol–water partition coefficient (Wildman–Crippen LogP) is 2.17. The number of rotatable bonds is 4. The van der Waals surface area contributed by atoms with Crippen LogP contribution in [0.4, 0.5) is 0 Å². The quantitative estimate of drug-likeness (QED) is 0.782. The van der Waals surface area contributed by atoms with Crippen molar-refractivity contribution in [2.24, 2.45) is 5.92 Å². The molecule has 3 aliphatic rings.